The summed E-state index contributed by atoms with van der Waals surface area (Å²) in [6, 6.07) is 26.7. The summed E-state index contributed by atoms with van der Waals surface area (Å²) in [4.78, 5) is 17.5. The molecule has 38 heavy (non-hydrogen) atoms. The van der Waals surface area contributed by atoms with Gasteiger partial charge in [-0.3, -0.25) is 9.69 Å². The van der Waals surface area contributed by atoms with Crippen LogP contribution in [0, 0.1) is 0 Å². The zero-order valence-electron chi connectivity index (χ0n) is 21.7. The number of methoxy groups -OCH3 is 1. The Hall–Kier alpha value is -4.16. The zero-order chi connectivity index (χ0) is 25.9. The predicted molar refractivity (Wildman–Crippen MR) is 153 cm³/mol. The van der Waals surface area contributed by atoms with Crippen molar-refractivity contribution in [1.29, 1.82) is 0 Å². The number of carbonyl (C=O) groups excluding carboxylic acids is 1. The predicted octanol–water partition coefficient (Wildman–Crippen LogP) is 5.03. The van der Waals surface area contributed by atoms with E-state index in [-0.39, 0.29) is 5.91 Å². The molecule has 0 unspecified atom stereocenters. The first-order valence-electron chi connectivity index (χ1n) is 13.3. The number of carbonyl (C=O) groups is 1. The first kappa shape index (κ1) is 24.2. The molecule has 1 N–H and O–H groups in total. The third-order valence-electron chi connectivity index (χ3n) is 7.70. The number of para-hydroxylation sites is 2. The van der Waals surface area contributed by atoms with Crippen molar-refractivity contribution < 1.29 is 9.53 Å². The number of hydrogen-bond acceptors (Lipinski definition) is 5. The third-order valence-corrected chi connectivity index (χ3v) is 7.70. The Labute approximate surface area is 223 Å². The van der Waals surface area contributed by atoms with Crippen LogP contribution in [0.2, 0.25) is 0 Å². The van der Waals surface area contributed by atoms with Gasteiger partial charge >= 0.3 is 0 Å². The molecule has 0 bridgehead atoms. The molecule has 6 nitrogen and oxygen atoms in total. The molecule has 1 saturated heterocycles. The SMILES string of the molecule is COc1ccccc1N1CCN(Cc2ccc(C(=O)N/N=C\c3ccc4c5c(cccc35)CC4)cc2)CC1. The Morgan fingerprint density at radius 1 is 0.895 bits per heavy atom. The molecule has 1 fully saturated rings. The van der Waals surface area contributed by atoms with Gasteiger partial charge in [0.1, 0.15) is 5.75 Å². The largest absolute Gasteiger partial charge is 0.495 e. The van der Waals surface area contributed by atoms with Crippen LogP contribution in [0.1, 0.15) is 32.6 Å². The van der Waals surface area contributed by atoms with Crippen LogP contribution in [0.25, 0.3) is 10.8 Å². The molecule has 6 rings (SSSR count). The van der Waals surface area contributed by atoms with Gasteiger partial charge in [-0.2, -0.15) is 5.10 Å². The zero-order valence-corrected chi connectivity index (χ0v) is 21.7. The molecule has 1 heterocycles. The van der Waals surface area contributed by atoms with E-state index in [9.17, 15) is 4.79 Å². The topological polar surface area (TPSA) is 57.2 Å². The van der Waals surface area contributed by atoms with Crippen molar-refractivity contribution >= 4 is 28.6 Å². The number of hydrazone groups is 1. The van der Waals surface area contributed by atoms with Crippen molar-refractivity contribution in [2.75, 3.05) is 38.2 Å². The minimum Gasteiger partial charge on any atom is -0.495 e. The lowest BCUT2D eigenvalue weighted by molar-refractivity contribution is 0.0955. The van der Waals surface area contributed by atoms with Gasteiger partial charge in [0.2, 0.25) is 0 Å². The summed E-state index contributed by atoms with van der Waals surface area (Å²) >= 11 is 0. The highest BCUT2D eigenvalue weighted by Gasteiger charge is 2.20. The quantitative estimate of drug-likeness (QED) is 0.283. The maximum atomic E-state index is 12.7. The van der Waals surface area contributed by atoms with Gasteiger partial charge in [-0.1, -0.05) is 54.6 Å². The second kappa shape index (κ2) is 10.7. The Balaban J connectivity index is 1.03. The maximum Gasteiger partial charge on any atom is 0.271 e. The summed E-state index contributed by atoms with van der Waals surface area (Å²) in [5, 5.41) is 6.81. The molecule has 1 aliphatic heterocycles. The smallest absolute Gasteiger partial charge is 0.271 e. The van der Waals surface area contributed by atoms with E-state index < -0.39 is 0 Å². The van der Waals surface area contributed by atoms with E-state index in [1.807, 2.05) is 36.4 Å². The molecular weight excluding hydrogens is 472 g/mol. The number of piperazine rings is 1. The van der Waals surface area contributed by atoms with Crippen molar-refractivity contribution in [2.45, 2.75) is 19.4 Å². The maximum absolute atomic E-state index is 12.7. The molecular formula is C32H32N4O2. The summed E-state index contributed by atoms with van der Waals surface area (Å²) in [6.45, 7) is 4.74. The van der Waals surface area contributed by atoms with Crippen LogP contribution >= 0.6 is 0 Å². The van der Waals surface area contributed by atoms with E-state index in [1.54, 1.807) is 13.3 Å². The van der Waals surface area contributed by atoms with Gasteiger partial charge in [-0.05, 0) is 64.6 Å². The van der Waals surface area contributed by atoms with Gasteiger partial charge in [-0.25, -0.2) is 5.43 Å². The van der Waals surface area contributed by atoms with Crippen LogP contribution in [0.4, 0.5) is 5.69 Å². The number of anilines is 1. The molecule has 192 valence electrons. The normalized spacial score (nSPS) is 15.3. The molecule has 6 heteroatoms. The standard InChI is InChI=1S/C32H32N4O2/c1-38-30-8-3-2-7-29(30)36-19-17-35(18-20-36)22-23-9-11-26(12-10-23)32(37)34-33-21-27-16-15-25-14-13-24-5-4-6-28(27)31(24)25/h2-12,15-16,21H,13-14,17-20,22H2,1H3,(H,34,37)/b33-21-. The van der Waals surface area contributed by atoms with E-state index in [0.29, 0.717) is 5.56 Å². The molecule has 0 spiro atoms. The van der Waals surface area contributed by atoms with Crippen molar-refractivity contribution in [3.63, 3.8) is 0 Å². The van der Waals surface area contributed by atoms with Crippen LogP contribution < -0.4 is 15.1 Å². The molecule has 1 amide bonds. The Morgan fingerprint density at radius 2 is 1.66 bits per heavy atom. The van der Waals surface area contributed by atoms with Gasteiger partial charge in [0.05, 0.1) is 19.0 Å². The second-order valence-corrected chi connectivity index (χ2v) is 9.98. The van der Waals surface area contributed by atoms with Gasteiger partial charge in [0.25, 0.3) is 5.91 Å². The van der Waals surface area contributed by atoms with Crippen molar-refractivity contribution in [3.05, 3.63) is 107 Å². The van der Waals surface area contributed by atoms with Gasteiger partial charge in [0, 0.05) is 43.9 Å². The molecule has 0 radical (unpaired) electrons. The lowest BCUT2D eigenvalue weighted by atomic mass is 10.0. The fourth-order valence-corrected chi connectivity index (χ4v) is 5.66. The van der Waals surface area contributed by atoms with E-state index in [1.165, 1.54) is 27.5 Å². The van der Waals surface area contributed by atoms with E-state index in [4.69, 9.17) is 4.74 Å². The van der Waals surface area contributed by atoms with Gasteiger partial charge in [-0.15, -0.1) is 0 Å². The van der Waals surface area contributed by atoms with Crippen LogP contribution in [-0.4, -0.2) is 50.3 Å². The van der Waals surface area contributed by atoms with Crippen molar-refractivity contribution in [2.24, 2.45) is 5.10 Å². The molecule has 0 atom stereocenters. The highest BCUT2D eigenvalue weighted by Crippen LogP contribution is 2.32. The number of ether oxygens (including phenoxy) is 1. The number of aryl methyl sites for hydroxylation is 2. The Kier molecular flexibility index (Phi) is 6.80. The average molecular weight is 505 g/mol. The summed E-state index contributed by atoms with van der Waals surface area (Å²) in [5.41, 5.74) is 9.47. The summed E-state index contributed by atoms with van der Waals surface area (Å²) in [5.74, 6) is 0.716. The minimum absolute atomic E-state index is 0.204. The first-order chi connectivity index (χ1) is 18.7. The number of rotatable bonds is 7. The van der Waals surface area contributed by atoms with E-state index in [2.05, 4.69) is 62.8 Å². The minimum atomic E-state index is -0.204. The molecule has 4 aromatic carbocycles. The van der Waals surface area contributed by atoms with Gasteiger partial charge in [0.15, 0.2) is 0 Å². The molecule has 4 aromatic rings. The number of amides is 1. The van der Waals surface area contributed by atoms with Crippen LogP contribution in [0.3, 0.4) is 0 Å². The van der Waals surface area contributed by atoms with E-state index >= 15 is 0 Å². The first-order valence-corrected chi connectivity index (χ1v) is 13.3. The highest BCUT2D eigenvalue weighted by molar-refractivity contribution is 6.03. The Morgan fingerprint density at radius 3 is 2.45 bits per heavy atom. The Bertz CT molecular complexity index is 1480. The summed E-state index contributed by atoms with van der Waals surface area (Å²) < 4.78 is 5.53. The lowest BCUT2D eigenvalue weighted by Crippen LogP contribution is -2.46. The number of benzene rings is 4. The molecule has 2 aliphatic rings. The number of nitrogens with zero attached hydrogens (tertiary/aromatic N) is 3. The summed E-state index contributed by atoms with van der Waals surface area (Å²) in [6.07, 6.45) is 3.94. The third kappa shape index (κ3) is 4.87. The second-order valence-electron chi connectivity index (χ2n) is 9.98. The lowest BCUT2D eigenvalue weighted by Gasteiger charge is -2.36. The molecule has 1 aliphatic carbocycles. The fourth-order valence-electron chi connectivity index (χ4n) is 5.66. The van der Waals surface area contributed by atoms with Crippen molar-refractivity contribution in [1.82, 2.24) is 10.3 Å². The number of hydrogen-bond donors (Lipinski definition) is 1. The van der Waals surface area contributed by atoms with Crippen LogP contribution in [-0.2, 0) is 19.4 Å². The fraction of sp³-hybridized carbons (Fsp3) is 0.250. The molecule has 0 aromatic heterocycles. The van der Waals surface area contributed by atoms with Crippen molar-refractivity contribution in [3.8, 4) is 5.75 Å². The summed E-state index contributed by atoms with van der Waals surface area (Å²) in [7, 11) is 1.72. The van der Waals surface area contributed by atoms with Gasteiger partial charge < -0.3 is 9.64 Å². The number of nitrogens with one attached hydrogen (secondary N) is 1. The molecule has 0 saturated carbocycles. The van der Waals surface area contributed by atoms with Crippen LogP contribution in [0.15, 0.2) is 84.0 Å². The highest BCUT2D eigenvalue weighted by atomic mass is 16.5. The average Bonchev–Trinajstić information content (AvgIpc) is 3.39. The van der Waals surface area contributed by atoms with Crippen LogP contribution in [0.5, 0.6) is 5.75 Å². The monoisotopic (exact) mass is 504 g/mol. The van der Waals surface area contributed by atoms with E-state index in [0.717, 1.165) is 62.6 Å².